The molecule has 0 aromatic heterocycles. The van der Waals surface area contributed by atoms with Gasteiger partial charge in [-0.1, -0.05) is 30.3 Å². The average molecular weight is 345 g/mol. The maximum Gasteiger partial charge on any atom is 0.191 e. The van der Waals surface area contributed by atoms with E-state index in [1.807, 2.05) is 31.2 Å². The predicted molar refractivity (Wildman–Crippen MR) is 97.2 cm³/mol. The van der Waals surface area contributed by atoms with Crippen LogP contribution in [0.1, 0.15) is 24.2 Å². The molecule has 5 nitrogen and oxygen atoms in total. The summed E-state index contributed by atoms with van der Waals surface area (Å²) < 4.78 is 18.9. The molecule has 0 fully saturated rings. The van der Waals surface area contributed by atoms with Gasteiger partial charge in [0.05, 0.1) is 19.8 Å². The van der Waals surface area contributed by atoms with Gasteiger partial charge >= 0.3 is 0 Å². The maximum atomic E-state index is 13.7. The Morgan fingerprint density at radius 3 is 2.72 bits per heavy atom. The topological polar surface area (TPSA) is 65.9 Å². The van der Waals surface area contributed by atoms with Gasteiger partial charge in [-0.3, -0.25) is 0 Å². The molecule has 0 heterocycles. The second-order valence-corrected chi connectivity index (χ2v) is 5.46. The number of methoxy groups -OCH3 is 1. The van der Waals surface area contributed by atoms with E-state index < -0.39 is 11.9 Å². The Bertz CT molecular complexity index is 707. The predicted octanol–water partition coefficient (Wildman–Crippen LogP) is 2.62. The van der Waals surface area contributed by atoms with Gasteiger partial charge < -0.3 is 20.5 Å². The molecule has 0 saturated heterocycles. The van der Waals surface area contributed by atoms with Crippen molar-refractivity contribution in [2.45, 2.75) is 19.6 Å². The van der Waals surface area contributed by atoms with Gasteiger partial charge in [-0.2, -0.15) is 0 Å². The first kappa shape index (κ1) is 18.7. The monoisotopic (exact) mass is 345 g/mol. The van der Waals surface area contributed by atoms with Crippen molar-refractivity contribution < 1.29 is 14.2 Å². The van der Waals surface area contributed by atoms with Gasteiger partial charge in [0, 0.05) is 18.7 Å². The Hall–Kier alpha value is -2.60. The lowest BCUT2D eigenvalue weighted by molar-refractivity contribution is 0.176. The zero-order chi connectivity index (χ0) is 18.1. The molecule has 1 atom stereocenters. The number of ether oxygens (including phenoxy) is 1. The summed E-state index contributed by atoms with van der Waals surface area (Å²) >= 11 is 0. The number of hydrogen-bond donors (Lipinski definition) is 3. The lowest BCUT2D eigenvalue weighted by atomic mass is 10.1. The summed E-state index contributed by atoms with van der Waals surface area (Å²) in [5.74, 6) is 0.913. The van der Waals surface area contributed by atoms with Crippen LogP contribution in [0.2, 0.25) is 0 Å². The molecule has 2 aromatic rings. The van der Waals surface area contributed by atoms with Crippen LogP contribution in [0.4, 0.5) is 4.39 Å². The third kappa shape index (κ3) is 5.76. The highest BCUT2D eigenvalue weighted by molar-refractivity contribution is 5.79. The van der Waals surface area contributed by atoms with E-state index in [1.54, 1.807) is 25.3 Å². The molecule has 0 bridgehead atoms. The Kier molecular flexibility index (Phi) is 7.22. The first-order chi connectivity index (χ1) is 12.1. The zero-order valence-electron chi connectivity index (χ0n) is 14.5. The first-order valence-corrected chi connectivity index (χ1v) is 8.21. The van der Waals surface area contributed by atoms with Gasteiger partial charge in [0.25, 0.3) is 0 Å². The molecule has 0 radical (unpaired) electrons. The van der Waals surface area contributed by atoms with Gasteiger partial charge in [-0.05, 0) is 30.7 Å². The van der Waals surface area contributed by atoms with Crippen LogP contribution in [0.3, 0.4) is 0 Å². The molecule has 0 aliphatic rings. The summed E-state index contributed by atoms with van der Waals surface area (Å²) in [6.45, 7) is 3.25. The zero-order valence-corrected chi connectivity index (χ0v) is 14.5. The fourth-order valence-corrected chi connectivity index (χ4v) is 2.33. The molecule has 25 heavy (non-hydrogen) atoms. The van der Waals surface area contributed by atoms with Gasteiger partial charge in [0.15, 0.2) is 5.96 Å². The van der Waals surface area contributed by atoms with Crippen LogP contribution in [-0.2, 0) is 6.54 Å². The van der Waals surface area contributed by atoms with Crippen molar-refractivity contribution >= 4 is 5.96 Å². The summed E-state index contributed by atoms with van der Waals surface area (Å²) in [4.78, 5) is 4.48. The molecule has 3 N–H and O–H groups in total. The quantitative estimate of drug-likeness (QED) is 0.533. The molecule has 134 valence electrons. The Morgan fingerprint density at radius 1 is 1.20 bits per heavy atom. The molecule has 2 rings (SSSR count). The van der Waals surface area contributed by atoms with Gasteiger partial charge in [0.2, 0.25) is 0 Å². The number of benzene rings is 2. The van der Waals surface area contributed by atoms with Crippen molar-refractivity contribution in [1.29, 1.82) is 0 Å². The average Bonchev–Trinajstić information content (AvgIpc) is 2.64. The summed E-state index contributed by atoms with van der Waals surface area (Å²) in [5.41, 5.74) is 1.27. The van der Waals surface area contributed by atoms with Gasteiger partial charge in [-0.15, -0.1) is 0 Å². The van der Waals surface area contributed by atoms with Gasteiger partial charge in [-0.25, -0.2) is 9.38 Å². The van der Waals surface area contributed by atoms with E-state index in [0.29, 0.717) is 19.0 Å². The number of nitrogens with zero attached hydrogens (tertiary/aromatic N) is 1. The molecule has 0 spiro atoms. The van der Waals surface area contributed by atoms with E-state index in [2.05, 4.69) is 15.6 Å². The van der Waals surface area contributed by atoms with Crippen molar-refractivity contribution in [3.05, 3.63) is 65.5 Å². The van der Waals surface area contributed by atoms with Crippen LogP contribution in [0.5, 0.6) is 5.75 Å². The minimum atomic E-state index is -0.957. The molecule has 0 aliphatic heterocycles. The maximum absolute atomic E-state index is 13.7. The van der Waals surface area contributed by atoms with E-state index in [4.69, 9.17) is 4.74 Å². The highest BCUT2D eigenvalue weighted by atomic mass is 19.1. The van der Waals surface area contributed by atoms with Crippen molar-refractivity contribution in [3.63, 3.8) is 0 Å². The number of nitrogens with one attached hydrogen (secondary N) is 2. The number of aliphatic hydroxyl groups is 1. The van der Waals surface area contributed by atoms with Gasteiger partial charge in [0.1, 0.15) is 11.6 Å². The number of halogens is 1. The summed E-state index contributed by atoms with van der Waals surface area (Å²) in [5, 5.41) is 16.3. The summed E-state index contributed by atoms with van der Waals surface area (Å²) in [7, 11) is 1.62. The second kappa shape index (κ2) is 9.64. The Morgan fingerprint density at radius 2 is 2.00 bits per heavy atom. The van der Waals surface area contributed by atoms with Crippen LogP contribution in [0.15, 0.2) is 53.5 Å². The number of guanidine groups is 1. The molecule has 0 aliphatic carbocycles. The van der Waals surface area contributed by atoms with E-state index in [9.17, 15) is 9.50 Å². The van der Waals surface area contributed by atoms with E-state index in [0.717, 1.165) is 11.3 Å². The number of hydrogen-bond acceptors (Lipinski definition) is 3. The highest BCUT2D eigenvalue weighted by Crippen LogP contribution is 2.16. The normalized spacial score (nSPS) is 12.6. The molecular weight excluding hydrogens is 321 g/mol. The lowest BCUT2D eigenvalue weighted by Crippen LogP contribution is -2.39. The standard InChI is InChI=1S/C19H24FN3O2/c1-3-21-19(22-12-14-7-6-8-15(11-14)25-2)23-13-18(24)16-9-4-5-10-17(16)20/h4-11,18,24H,3,12-13H2,1-2H3,(H2,21,22,23). The van der Waals surface area contributed by atoms with E-state index in [-0.39, 0.29) is 12.1 Å². The SMILES string of the molecule is CCNC(=NCc1cccc(OC)c1)NCC(O)c1ccccc1F. The smallest absolute Gasteiger partial charge is 0.191 e. The van der Waals surface area contributed by atoms with Crippen molar-refractivity contribution in [1.82, 2.24) is 10.6 Å². The molecule has 6 heteroatoms. The third-order valence-corrected chi connectivity index (χ3v) is 3.63. The number of rotatable bonds is 7. The molecule has 0 saturated carbocycles. The van der Waals surface area contributed by atoms with Crippen LogP contribution in [-0.4, -0.2) is 31.3 Å². The minimum absolute atomic E-state index is 0.158. The summed E-state index contributed by atoms with van der Waals surface area (Å²) in [6.07, 6.45) is -0.957. The van der Waals surface area contributed by atoms with Crippen molar-refractivity contribution in [2.24, 2.45) is 4.99 Å². The molecule has 2 aromatic carbocycles. The van der Waals surface area contributed by atoms with Crippen LogP contribution < -0.4 is 15.4 Å². The van der Waals surface area contributed by atoms with E-state index in [1.165, 1.54) is 6.07 Å². The third-order valence-electron chi connectivity index (χ3n) is 3.63. The summed E-state index contributed by atoms with van der Waals surface area (Å²) in [6, 6.07) is 13.9. The first-order valence-electron chi connectivity index (χ1n) is 8.21. The Balaban J connectivity index is 1.98. The van der Waals surface area contributed by atoms with Crippen LogP contribution >= 0.6 is 0 Å². The molecule has 0 amide bonds. The molecule has 1 unspecified atom stereocenters. The van der Waals surface area contributed by atoms with Crippen LogP contribution in [0, 0.1) is 5.82 Å². The van der Waals surface area contributed by atoms with Crippen LogP contribution in [0.25, 0.3) is 0 Å². The van der Waals surface area contributed by atoms with Crippen molar-refractivity contribution in [3.8, 4) is 5.75 Å². The minimum Gasteiger partial charge on any atom is -0.497 e. The molecular formula is C19H24FN3O2. The van der Waals surface area contributed by atoms with Crippen molar-refractivity contribution in [2.75, 3.05) is 20.2 Å². The largest absolute Gasteiger partial charge is 0.497 e. The lowest BCUT2D eigenvalue weighted by Gasteiger charge is -2.16. The Labute approximate surface area is 147 Å². The fraction of sp³-hybridized carbons (Fsp3) is 0.316. The highest BCUT2D eigenvalue weighted by Gasteiger charge is 2.12. The fourth-order valence-electron chi connectivity index (χ4n) is 2.33. The number of aliphatic hydroxyl groups excluding tert-OH is 1. The number of aliphatic imine (C=N–C) groups is 1. The van der Waals surface area contributed by atoms with E-state index >= 15 is 0 Å². The second-order valence-electron chi connectivity index (χ2n) is 5.46.